The number of nitrogens with zero attached hydrogens (tertiary/aromatic N) is 2. The third-order valence-corrected chi connectivity index (χ3v) is 3.26. The van der Waals surface area contributed by atoms with Gasteiger partial charge in [0.25, 0.3) is 0 Å². The number of hydrogen-bond donors (Lipinski definition) is 1. The van der Waals surface area contributed by atoms with Gasteiger partial charge in [-0.05, 0) is 31.4 Å². The molecule has 0 radical (unpaired) electrons. The smallest absolute Gasteiger partial charge is 0.241 e. The molecule has 19 heavy (non-hydrogen) atoms. The predicted molar refractivity (Wildman–Crippen MR) is 70.0 cm³/mol. The summed E-state index contributed by atoms with van der Waals surface area (Å²) in [6.45, 7) is 1.67. The van der Waals surface area contributed by atoms with Crippen molar-refractivity contribution < 1.29 is 9.18 Å². The molecule has 0 aromatic heterocycles. The lowest BCUT2D eigenvalue weighted by Gasteiger charge is -2.27. The predicted octanol–water partition coefficient (Wildman–Crippen LogP) is 2.12. The molecule has 1 aromatic carbocycles. The van der Waals surface area contributed by atoms with Crippen molar-refractivity contribution in [3.63, 3.8) is 0 Å². The molecule has 0 bridgehead atoms. The fourth-order valence-electron chi connectivity index (χ4n) is 2.21. The summed E-state index contributed by atoms with van der Waals surface area (Å²) in [5, 5.41) is 11.7. The average Bonchev–Trinajstić information content (AvgIpc) is 2.45. The number of carbonyl (C=O) groups excluding carboxylic acids is 1. The molecule has 0 unspecified atom stereocenters. The monoisotopic (exact) mass is 261 g/mol. The molecule has 0 atom stereocenters. The number of nitriles is 1. The van der Waals surface area contributed by atoms with E-state index in [9.17, 15) is 9.18 Å². The standard InChI is InChI=1S/C14H16FN3O/c15-12-5-4-6-13(11(12)9-16)17-10-14(19)18-7-2-1-3-8-18/h4-6,17H,1-3,7-8,10H2. The van der Waals surface area contributed by atoms with Crippen LogP contribution in [0.1, 0.15) is 24.8 Å². The molecule has 4 nitrogen and oxygen atoms in total. The minimum absolute atomic E-state index is 0.00662. The molecule has 0 spiro atoms. The SMILES string of the molecule is N#Cc1c(F)cccc1NCC(=O)N1CCCCC1. The molecule has 1 N–H and O–H groups in total. The van der Waals surface area contributed by atoms with Crippen LogP contribution >= 0.6 is 0 Å². The Morgan fingerprint density at radius 3 is 2.79 bits per heavy atom. The number of halogens is 1. The first kappa shape index (κ1) is 13.3. The topological polar surface area (TPSA) is 56.1 Å². The lowest BCUT2D eigenvalue weighted by atomic mass is 10.1. The third-order valence-electron chi connectivity index (χ3n) is 3.26. The van der Waals surface area contributed by atoms with Crippen LogP contribution in [-0.2, 0) is 4.79 Å². The van der Waals surface area contributed by atoms with E-state index >= 15 is 0 Å². The molecule has 0 aliphatic carbocycles. The van der Waals surface area contributed by atoms with Crippen LogP contribution in [0.15, 0.2) is 18.2 Å². The highest BCUT2D eigenvalue weighted by molar-refractivity contribution is 5.81. The van der Waals surface area contributed by atoms with Crippen LogP contribution in [0.2, 0.25) is 0 Å². The van der Waals surface area contributed by atoms with Gasteiger partial charge in [0.1, 0.15) is 17.4 Å². The van der Waals surface area contributed by atoms with Gasteiger partial charge in [-0.1, -0.05) is 6.07 Å². The zero-order chi connectivity index (χ0) is 13.7. The summed E-state index contributed by atoms with van der Waals surface area (Å²) in [6.07, 6.45) is 3.24. The van der Waals surface area contributed by atoms with Gasteiger partial charge in [0, 0.05) is 13.1 Å². The van der Waals surface area contributed by atoms with Crippen LogP contribution in [0.4, 0.5) is 10.1 Å². The van der Waals surface area contributed by atoms with Gasteiger partial charge < -0.3 is 10.2 Å². The molecule has 100 valence electrons. The second kappa shape index (κ2) is 6.19. The number of benzene rings is 1. The summed E-state index contributed by atoms with van der Waals surface area (Å²) in [5.74, 6) is -0.578. The van der Waals surface area contributed by atoms with Gasteiger partial charge in [0.05, 0.1) is 12.2 Å². The van der Waals surface area contributed by atoms with Crippen molar-refractivity contribution in [3.05, 3.63) is 29.6 Å². The van der Waals surface area contributed by atoms with Crippen molar-refractivity contribution in [2.24, 2.45) is 0 Å². The zero-order valence-electron chi connectivity index (χ0n) is 10.7. The summed E-state index contributed by atoms with van der Waals surface area (Å²) in [7, 11) is 0. The number of amides is 1. The summed E-state index contributed by atoms with van der Waals surface area (Å²) >= 11 is 0. The third kappa shape index (κ3) is 3.22. The second-order valence-electron chi connectivity index (χ2n) is 4.57. The first-order chi connectivity index (χ1) is 9.22. The molecular formula is C14H16FN3O. The summed E-state index contributed by atoms with van der Waals surface area (Å²) < 4.78 is 13.4. The maximum Gasteiger partial charge on any atom is 0.241 e. The minimum Gasteiger partial charge on any atom is -0.375 e. The number of carbonyl (C=O) groups is 1. The van der Waals surface area contributed by atoms with Gasteiger partial charge in [-0.3, -0.25) is 4.79 Å². The van der Waals surface area contributed by atoms with E-state index in [0.29, 0.717) is 5.69 Å². The van der Waals surface area contributed by atoms with Gasteiger partial charge in [0.15, 0.2) is 0 Å². The van der Waals surface area contributed by atoms with E-state index in [1.54, 1.807) is 12.1 Å². The lowest BCUT2D eigenvalue weighted by molar-refractivity contribution is -0.130. The Morgan fingerprint density at radius 2 is 2.11 bits per heavy atom. The number of likely N-dealkylation sites (tertiary alicyclic amines) is 1. The van der Waals surface area contributed by atoms with Crippen molar-refractivity contribution >= 4 is 11.6 Å². The van der Waals surface area contributed by atoms with Crippen LogP contribution in [0, 0.1) is 17.1 Å². The fourth-order valence-corrected chi connectivity index (χ4v) is 2.21. The van der Waals surface area contributed by atoms with Crippen LogP contribution in [-0.4, -0.2) is 30.4 Å². The van der Waals surface area contributed by atoms with E-state index < -0.39 is 5.82 Å². The number of rotatable bonds is 3. The van der Waals surface area contributed by atoms with Gasteiger partial charge >= 0.3 is 0 Å². The molecule has 2 rings (SSSR count). The molecule has 1 aromatic rings. The van der Waals surface area contributed by atoms with Gasteiger partial charge in [0.2, 0.25) is 5.91 Å². The first-order valence-corrected chi connectivity index (χ1v) is 6.42. The number of anilines is 1. The quantitative estimate of drug-likeness (QED) is 0.906. The van der Waals surface area contributed by atoms with Crippen molar-refractivity contribution in [2.75, 3.05) is 25.0 Å². The van der Waals surface area contributed by atoms with Crippen LogP contribution < -0.4 is 5.32 Å². The van der Waals surface area contributed by atoms with E-state index in [-0.39, 0.29) is 18.0 Å². The second-order valence-corrected chi connectivity index (χ2v) is 4.57. The van der Waals surface area contributed by atoms with Crippen LogP contribution in [0.5, 0.6) is 0 Å². The molecule has 1 aliphatic heterocycles. The van der Waals surface area contributed by atoms with Crippen molar-refractivity contribution in [1.82, 2.24) is 4.90 Å². The van der Waals surface area contributed by atoms with E-state index in [2.05, 4.69) is 5.32 Å². The highest BCUT2D eigenvalue weighted by atomic mass is 19.1. The largest absolute Gasteiger partial charge is 0.375 e. The maximum absolute atomic E-state index is 13.4. The number of hydrogen-bond acceptors (Lipinski definition) is 3. The average molecular weight is 261 g/mol. The fraction of sp³-hybridized carbons (Fsp3) is 0.429. The van der Waals surface area contributed by atoms with Crippen molar-refractivity contribution in [3.8, 4) is 6.07 Å². The summed E-state index contributed by atoms with van der Waals surface area (Å²) in [5.41, 5.74) is 0.321. The maximum atomic E-state index is 13.4. The first-order valence-electron chi connectivity index (χ1n) is 6.42. The zero-order valence-corrected chi connectivity index (χ0v) is 10.7. The number of nitrogens with one attached hydrogen (secondary N) is 1. The molecule has 5 heteroatoms. The Labute approximate surface area is 111 Å². The molecule has 0 saturated carbocycles. The summed E-state index contributed by atoms with van der Waals surface area (Å²) in [4.78, 5) is 13.8. The minimum atomic E-state index is -0.571. The Morgan fingerprint density at radius 1 is 1.37 bits per heavy atom. The Hall–Kier alpha value is -2.09. The van der Waals surface area contributed by atoms with Gasteiger partial charge in [-0.15, -0.1) is 0 Å². The van der Waals surface area contributed by atoms with Crippen LogP contribution in [0.3, 0.4) is 0 Å². The van der Waals surface area contributed by atoms with Crippen molar-refractivity contribution in [2.45, 2.75) is 19.3 Å². The summed E-state index contributed by atoms with van der Waals surface area (Å²) in [6, 6.07) is 6.16. The Bertz CT molecular complexity index is 504. The van der Waals surface area contributed by atoms with Crippen molar-refractivity contribution in [1.29, 1.82) is 5.26 Å². The Balaban J connectivity index is 1.97. The van der Waals surface area contributed by atoms with E-state index in [0.717, 1.165) is 25.9 Å². The molecule has 1 saturated heterocycles. The number of piperidine rings is 1. The molecular weight excluding hydrogens is 245 g/mol. The molecule has 1 amide bonds. The van der Waals surface area contributed by atoms with E-state index in [4.69, 9.17) is 5.26 Å². The Kier molecular flexibility index (Phi) is 4.35. The highest BCUT2D eigenvalue weighted by Gasteiger charge is 2.16. The molecule has 1 aliphatic rings. The van der Waals surface area contributed by atoms with E-state index in [1.807, 2.05) is 4.90 Å². The van der Waals surface area contributed by atoms with Gasteiger partial charge in [-0.25, -0.2) is 4.39 Å². The normalized spacial score (nSPS) is 14.8. The van der Waals surface area contributed by atoms with E-state index in [1.165, 1.54) is 18.6 Å². The lowest BCUT2D eigenvalue weighted by Crippen LogP contribution is -2.39. The van der Waals surface area contributed by atoms with Crippen LogP contribution in [0.25, 0.3) is 0 Å². The molecule has 1 heterocycles. The highest BCUT2D eigenvalue weighted by Crippen LogP contribution is 2.17. The van der Waals surface area contributed by atoms with Gasteiger partial charge in [-0.2, -0.15) is 5.26 Å². The molecule has 1 fully saturated rings.